The molecular formula is C10H8FN3O. The van der Waals surface area contributed by atoms with E-state index in [-0.39, 0.29) is 18.0 Å². The standard InChI is InChI=1S/C10H8FN3O/c11-8-3-1-7(2-4-8)5-10(15)9-6-12-14-13-9/h1-4,6H,5H2,(H,12,13,14). The van der Waals surface area contributed by atoms with Crippen molar-refractivity contribution in [1.29, 1.82) is 0 Å². The van der Waals surface area contributed by atoms with Gasteiger partial charge in [0.2, 0.25) is 0 Å². The molecule has 0 fully saturated rings. The van der Waals surface area contributed by atoms with Crippen LogP contribution in [0.3, 0.4) is 0 Å². The van der Waals surface area contributed by atoms with Crippen molar-refractivity contribution in [3.05, 3.63) is 47.5 Å². The molecule has 0 aliphatic carbocycles. The van der Waals surface area contributed by atoms with E-state index in [9.17, 15) is 9.18 Å². The van der Waals surface area contributed by atoms with Crippen LogP contribution < -0.4 is 0 Å². The lowest BCUT2D eigenvalue weighted by Gasteiger charge is -1.97. The van der Waals surface area contributed by atoms with Crippen LogP contribution in [0.2, 0.25) is 0 Å². The highest BCUT2D eigenvalue weighted by Gasteiger charge is 2.09. The van der Waals surface area contributed by atoms with Gasteiger partial charge in [0, 0.05) is 6.42 Å². The number of nitrogens with zero attached hydrogens (tertiary/aromatic N) is 2. The summed E-state index contributed by atoms with van der Waals surface area (Å²) in [6.45, 7) is 0. The van der Waals surface area contributed by atoms with Gasteiger partial charge in [-0.3, -0.25) is 4.79 Å². The van der Waals surface area contributed by atoms with Gasteiger partial charge in [-0.2, -0.15) is 15.4 Å². The molecule has 0 saturated heterocycles. The van der Waals surface area contributed by atoms with Crippen molar-refractivity contribution in [1.82, 2.24) is 15.4 Å². The number of hydrogen-bond donors (Lipinski definition) is 1. The molecule has 1 heterocycles. The number of aromatic amines is 1. The van der Waals surface area contributed by atoms with Crippen molar-refractivity contribution in [3.63, 3.8) is 0 Å². The lowest BCUT2D eigenvalue weighted by molar-refractivity contribution is 0.0988. The van der Waals surface area contributed by atoms with Gasteiger partial charge >= 0.3 is 0 Å². The second-order valence-corrected chi connectivity index (χ2v) is 3.08. The Bertz CT molecular complexity index is 450. The average Bonchev–Trinajstić information content (AvgIpc) is 2.74. The number of benzene rings is 1. The molecule has 0 aliphatic rings. The summed E-state index contributed by atoms with van der Waals surface area (Å²) in [7, 11) is 0. The molecule has 1 N–H and O–H groups in total. The highest BCUT2D eigenvalue weighted by molar-refractivity contribution is 5.95. The highest BCUT2D eigenvalue weighted by Crippen LogP contribution is 2.06. The SMILES string of the molecule is O=C(Cc1ccc(F)cc1)c1cn[nH]n1. The number of rotatable bonds is 3. The van der Waals surface area contributed by atoms with Gasteiger partial charge in [0.05, 0.1) is 6.20 Å². The van der Waals surface area contributed by atoms with Gasteiger partial charge in [-0.05, 0) is 17.7 Å². The van der Waals surface area contributed by atoms with Crippen LogP contribution in [0.15, 0.2) is 30.5 Å². The molecule has 0 unspecified atom stereocenters. The maximum Gasteiger partial charge on any atom is 0.189 e. The lowest BCUT2D eigenvalue weighted by atomic mass is 10.1. The van der Waals surface area contributed by atoms with Crippen molar-refractivity contribution in [2.75, 3.05) is 0 Å². The first-order chi connectivity index (χ1) is 7.25. The van der Waals surface area contributed by atoms with E-state index >= 15 is 0 Å². The number of aromatic nitrogens is 3. The fourth-order valence-electron chi connectivity index (χ4n) is 1.21. The highest BCUT2D eigenvalue weighted by atomic mass is 19.1. The third kappa shape index (κ3) is 2.25. The summed E-state index contributed by atoms with van der Waals surface area (Å²) in [6, 6.07) is 5.80. The molecule has 0 spiro atoms. The van der Waals surface area contributed by atoms with Crippen LogP contribution in [0.4, 0.5) is 4.39 Å². The van der Waals surface area contributed by atoms with Crippen LogP contribution in [-0.2, 0) is 6.42 Å². The molecule has 2 rings (SSSR count). The fraction of sp³-hybridized carbons (Fsp3) is 0.100. The number of Topliss-reactive ketones (excluding diaryl/α,β-unsaturated/α-hetero) is 1. The number of halogens is 1. The second kappa shape index (κ2) is 4.00. The molecule has 0 saturated carbocycles. The molecule has 0 bridgehead atoms. The third-order valence-corrected chi connectivity index (χ3v) is 1.98. The predicted molar refractivity (Wildman–Crippen MR) is 50.8 cm³/mol. The van der Waals surface area contributed by atoms with Gasteiger partial charge in [-0.15, -0.1) is 0 Å². The largest absolute Gasteiger partial charge is 0.292 e. The van der Waals surface area contributed by atoms with Crippen molar-refractivity contribution in [2.24, 2.45) is 0 Å². The molecule has 1 aromatic carbocycles. The fourth-order valence-corrected chi connectivity index (χ4v) is 1.21. The summed E-state index contributed by atoms with van der Waals surface area (Å²) in [5.74, 6) is -0.456. The van der Waals surface area contributed by atoms with E-state index in [1.165, 1.54) is 18.3 Å². The topological polar surface area (TPSA) is 58.6 Å². The molecule has 2 aromatic rings. The van der Waals surface area contributed by atoms with Crippen molar-refractivity contribution >= 4 is 5.78 Å². The number of ketones is 1. The minimum Gasteiger partial charge on any atom is -0.292 e. The molecule has 5 heteroatoms. The molecule has 76 valence electrons. The van der Waals surface area contributed by atoms with Gasteiger partial charge < -0.3 is 0 Å². The maximum absolute atomic E-state index is 12.6. The molecule has 0 amide bonds. The molecule has 0 atom stereocenters. The number of H-pyrrole nitrogens is 1. The van der Waals surface area contributed by atoms with Gasteiger partial charge in [0.1, 0.15) is 11.5 Å². The van der Waals surface area contributed by atoms with Gasteiger partial charge in [0.15, 0.2) is 5.78 Å². The summed E-state index contributed by atoms with van der Waals surface area (Å²) in [5.41, 5.74) is 1.05. The zero-order chi connectivity index (χ0) is 10.7. The summed E-state index contributed by atoms with van der Waals surface area (Å²) in [5, 5.41) is 9.58. The van der Waals surface area contributed by atoms with Crippen LogP contribution in [-0.4, -0.2) is 21.2 Å². The van der Waals surface area contributed by atoms with E-state index in [4.69, 9.17) is 0 Å². The van der Waals surface area contributed by atoms with Crippen molar-refractivity contribution in [2.45, 2.75) is 6.42 Å². The molecule has 0 radical (unpaired) electrons. The third-order valence-electron chi connectivity index (χ3n) is 1.98. The van der Waals surface area contributed by atoms with Crippen LogP contribution in [0.1, 0.15) is 16.1 Å². The summed E-state index contributed by atoms with van der Waals surface area (Å²) in [4.78, 5) is 11.5. The minimum atomic E-state index is -0.312. The Morgan fingerprint density at radius 1 is 1.33 bits per heavy atom. The van der Waals surface area contributed by atoms with Crippen molar-refractivity contribution in [3.8, 4) is 0 Å². The van der Waals surface area contributed by atoms with Gasteiger partial charge in [0.25, 0.3) is 0 Å². The number of carbonyl (C=O) groups is 1. The predicted octanol–water partition coefficient (Wildman–Crippen LogP) is 1.37. The van der Waals surface area contributed by atoms with Crippen molar-refractivity contribution < 1.29 is 9.18 Å². The zero-order valence-electron chi connectivity index (χ0n) is 7.77. The van der Waals surface area contributed by atoms with E-state index in [0.717, 1.165) is 5.56 Å². The normalized spacial score (nSPS) is 10.2. The Morgan fingerprint density at radius 2 is 2.07 bits per heavy atom. The first kappa shape index (κ1) is 9.51. The Balaban J connectivity index is 2.09. The van der Waals surface area contributed by atoms with E-state index < -0.39 is 0 Å². The first-order valence-corrected chi connectivity index (χ1v) is 4.39. The summed E-state index contributed by atoms with van der Waals surface area (Å²) in [6.07, 6.45) is 1.57. The Hall–Kier alpha value is -2.04. The molecule has 15 heavy (non-hydrogen) atoms. The zero-order valence-corrected chi connectivity index (χ0v) is 7.77. The first-order valence-electron chi connectivity index (χ1n) is 4.39. The van der Waals surface area contributed by atoms with Crippen LogP contribution in [0, 0.1) is 5.82 Å². The molecule has 1 aromatic heterocycles. The lowest BCUT2D eigenvalue weighted by Crippen LogP contribution is -2.03. The quantitative estimate of drug-likeness (QED) is 0.770. The summed E-state index contributed by atoms with van der Waals surface area (Å²) >= 11 is 0. The van der Waals surface area contributed by atoms with E-state index in [2.05, 4.69) is 15.4 Å². The molecule has 4 nitrogen and oxygen atoms in total. The second-order valence-electron chi connectivity index (χ2n) is 3.08. The number of hydrogen-bond acceptors (Lipinski definition) is 3. The van der Waals surface area contributed by atoms with Crippen LogP contribution in [0.5, 0.6) is 0 Å². The van der Waals surface area contributed by atoms with Gasteiger partial charge in [-0.25, -0.2) is 4.39 Å². The van der Waals surface area contributed by atoms with Crippen LogP contribution >= 0.6 is 0 Å². The monoisotopic (exact) mass is 205 g/mol. The molecule has 0 aliphatic heterocycles. The maximum atomic E-state index is 12.6. The van der Waals surface area contributed by atoms with Gasteiger partial charge in [-0.1, -0.05) is 12.1 Å². The van der Waals surface area contributed by atoms with E-state index in [1.54, 1.807) is 12.1 Å². The Kier molecular flexibility index (Phi) is 2.53. The number of nitrogens with one attached hydrogen (secondary N) is 1. The smallest absolute Gasteiger partial charge is 0.189 e. The Labute approximate surface area is 85.1 Å². The summed E-state index contributed by atoms with van der Waals surface area (Å²) < 4.78 is 12.6. The minimum absolute atomic E-state index is 0.143. The average molecular weight is 205 g/mol. The van der Waals surface area contributed by atoms with Crippen LogP contribution in [0.25, 0.3) is 0 Å². The van der Waals surface area contributed by atoms with E-state index in [0.29, 0.717) is 5.69 Å². The Morgan fingerprint density at radius 3 is 2.67 bits per heavy atom. The van der Waals surface area contributed by atoms with E-state index in [1.807, 2.05) is 0 Å². The molecular weight excluding hydrogens is 197 g/mol. The number of carbonyl (C=O) groups excluding carboxylic acids is 1.